The molecule has 0 heterocycles. The fourth-order valence-electron chi connectivity index (χ4n) is 2.24. The zero-order chi connectivity index (χ0) is 19.6. The van der Waals surface area contributed by atoms with E-state index in [1.165, 1.54) is 0 Å². The first-order valence-electron chi connectivity index (χ1n) is 8.48. The molecule has 2 aromatic carbocycles. The molecular formula is C20H23NO5S. The Morgan fingerprint density at radius 3 is 2.52 bits per heavy atom. The predicted octanol–water partition coefficient (Wildman–Crippen LogP) is 3.81. The molecule has 0 spiro atoms. The summed E-state index contributed by atoms with van der Waals surface area (Å²) < 4.78 is 10.7. The van der Waals surface area contributed by atoms with Gasteiger partial charge in [0.1, 0.15) is 11.5 Å². The topological polar surface area (TPSA) is 84.9 Å². The highest BCUT2D eigenvalue weighted by Crippen LogP contribution is 2.20. The maximum absolute atomic E-state index is 12.4. The molecule has 0 bridgehead atoms. The number of hydrogen-bond donors (Lipinski definition) is 2. The Labute approximate surface area is 162 Å². The smallest absolute Gasteiger partial charge is 0.304 e. The van der Waals surface area contributed by atoms with Gasteiger partial charge in [-0.05, 0) is 48.9 Å². The molecule has 0 saturated heterocycles. The van der Waals surface area contributed by atoms with E-state index in [9.17, 15) is 9.59 Å². The van der Waals surface area contributed by atoms with E-state index in [1.807, 2.05) is 24.3 Å². The number of carboxylic acid groups (broad SMARTS) is 1. The molecule has 2 N–H and O–H groups in total. The lowest BCUT2D eigenvalue weighted by molar-refractivity contribution is -0.136. The van der Waals surface area contributed by atoms with Crippen LogP contribution in [0.3, 0.4) is 0 Å². The lowest BCUT2D eigenvalue weighted by atomic mass is 10.2. The number of methoxy groups -OCH3 is 1. The monoisotopic (exact) mass is 389 g/mol. The molecule has 7 heteroatoms. The lowest BCUT2D eigenvalue weighted by Crippen LogP contribution is -2.30. The second-order valence-corrected chi connectivity index (χ2v) is 6.93. The van der Waals surface area contributed by atoms with Crippen molar-refractivity contribution in [2.75, 3.05) is 18.2 Å². The van der Waals surface area contributed by atoms with Crippen LogP contribution in [-0.2, 0) is 15.3 Å². The number of benzene rings is 2. The van der Waals surface area contributed by atoms with E-state index in [2.05, 4.69) is 5.32 Å². The Balaban J connectivity index is 1.86. The summed E-state index contributed by atoms with van der Waals surface area (Å²) in [4.78, 5) is 22.9. The Kier molecular flexibility index (Phi) is 8.00. The van der Waals surface area contributed by atoms with Crippen molar-refractivity contribution in [2.45, 2.75) is 25.2 Å². The highest BCUT2D eigenvalue weighted by atomic mass is 32.2. The van der Waals surface area contributed by atoms with Crippen molar-refractivity contribution in [3.8, 4) is 11.5 Å². The minimum absolute atomic E-state index is 0.140. The molecule has 2 rings (SSSR count). The molecule has 1 amide bonds. The first-order chi connectivity index (χ1) is 13.0. The molecular weight excluding hydrogens is 366 g/mol. The van der Waals surface area contributed by atoms with Gasteiger partial charge in [0.2, 0.25) is 0 Å². The van der Waals surface area contributed by atoms with Crippen molar-refractivity contribution < 1.29 is 24.2 Å². The third-order valence-corrected chi connectivity index (χ3v) is 4.70. The number of carbonyl (C=O) groups excluding carboxylic acids is 1. The van der Waals surface area contributed by atoms with Crippen molar-refractivity contribution in [1.82, 2.24) is 0 Å². The Bertz CT molecular complexity index is 763. The highest BCUT2D eigenvalue weighted by Gasteiger charge is 2.15. The molecule has 1 atom stereocenters. The van der Waals surface area contributed by atoms with Gasteiger partial charge in [-0.15, -0.1) is 0 Å². The maximum Gasteiger partial charge on any atom is 0.304 e. The number of anilines is 1. The average Bonchev–Trinajstić information content (AvgIpc) is 2.66. The summed E-state index contributed by atoms with van der Waals surface area (Å²) in [6.07, 6.45) is -0.520. The molecule has 0 aromatic heterocycles. The van der Waals surface area contributed by atoms with Crippen molar-refractivity contribution >= 4 is 29.3 Å². The Morgan fingerprint density at radius 1 is 1.15 bits per heavy atom. The van der Waals surface area contributed by atoms with Crippen LogP contribution in [0.4, 0.5) is 5.69 Å². The number of aliphatic carboxylic acids is 1. The number of carbonyl (C=O) groups is 2. The molecule has 0 aliphatic heterocycles. The van der Waals surface area contributed by atoms with Gasteiger partial charge >= 0.3 is 5.97 Å². The third kappa shape index (κ3) is 7.22. The molecule has 0 aliphatic rings. The molecule has 2 aromatic rings. The normalized spacial score (nSPS) is 11.5. The summed E-state index contributed by atoms with van der Waals surface area (Å²) >= 11 is 1.54. The predicted molar refractivity (Wildman–Crippen MR) is 107 cm³/mol. The fraction of sp³-hybridized carbons (Fsp3) is 0.300. The summed E-state index contributed by atoms with van der Waals surface area (Å²) in [6.45, 7) is 1.69. The second-order valence-electron chi connectivity index (χ2n) is 5.82. The van der Waals surface area contributed by atoms with Crippen molar-refractivity contribution in [1.29, 1.82) is 0 Å². The molecule has 1 unspecified atom stereocenters. The van der Waals surface area contributed by atoms with Gasteiger partial charge in [-0.2, -0.15) is 11.8 Å². The minimum Gasteiger partial charge on any atom is -0.497 e. The van der Waals surface area contributed by atoms with Crippen molar-refractivity contribution in [3.05, 3.63) is 54.1 Å². The summed E-state index contributed by atoms with van der Waals surface area (Å²) in [6, 6.07) is 14.5. The van der Waals surface area contributed by atoms with Gasteiger partial charge in [-0.1, -0.05) is 12.1 Å². The summed E-state index contributed by atoms with van der Waals surface area (Å²) in [5, 5.41) is 11.5. The number of hydrogen-bond acceptors (Lipinski definition) is 5. The summed E-state index contributed by atoms with van der Waals surface area (Å²) in [7, 11) is 1.59. The highest BCUT2D eigenvalue weighted by molar-refractivity contribution is 7.98. The number of rotatable bonds is 10. The van der Waals surface area contributed by atoms with E-state index in [0.717, 1.165) is 11.3 Å². The van der Waals surface area contributed by atoms with Gasteiger partial charge in [-0.3, -0.25) is 9.59 Å². The third-order valence-electron chi connectivity index (χ3n) is 3.67. The average molecular weight is 389 g/mol. The lowest BCUT2D eigenvalue weighted by Gasteiger charge is -2.15. The SMILES string of the molecule is COc1ccc(OC(C)C(=O)Nc2cccc(CSCCC(=O)O)c2)cc1. The van der Waals surface area contributed by atoms with Crippen molar-refractivity contribution in [2.24, 2.45) is 0 Å². The van der Waals surface area contributed by atoms with Gasteiger partial charge in [0.05, 0.1) is 13.5 Å². The van der Waals surface area contributed by atoms with Gasteiger partial charge in [-0.25, -0.2) is 0 Å². The van der Waals surface area contributed by atoms with E-state index < -0.39 is 12.1 Å². The zero-order valence-corrected chi connectivity index (χ0v) is 16.1. The van der Waals surface area contributed by atoms with Crippen LogP contribution in [0.25, 0.3) is 0 Å². The Hall–Kier alpha value is -2.67. The van der Waals surface area contributed by atoms with E-state index in [0.29, 0.717) is 22.9 Å². The molecule has 0 radical (unpaired) electrons. The number of nitrogens with one attached hydrogen (secondary N) is 1. The molecule has 0 saturated carbocycles. The van der Waals surface area contributed by atoms with Crippen LogP contribution >= 0.6 is 11.8 Å². The standard InChI is InChI=1S/C20H23NO5S/c1-14(26-18-8-6-17(25-2)7-9-18)20(24)21-16-5-3-4-15(12-16)13-27-11-10-19(22)23/h3-9,12,14H,10-11,13H2,1-2H3,(H,21,24)(H,22,23). The molecule has 0 fully saturated rings. The van der Waals surface area contributed by atoms with E-state index in [4.69, 9.17) is 14.6 Å². The van der Waals surface area contributed by atoms with Crippen LogP contribution in [0.1, 0.15) is 18.9 Å². The molecule has 0 aliphatic carbocycles. The number of ether oxygens (including phenoxy) is 2. The molecule has 6 nitrogen and oxygen atoms in total. The van der Waals surface area contributed by atoms with Crippen LogP contribution in [0.5, 0.6) is 11.5 Å². The van der Waals surface area contributed by atoms with Gasteiger partial charge in [0, 0.05) is 17.2 Å². The minimum atomic E-state index is -0.797. The van der Waals surface area contributed by atoms with Crippen molar-refractivity contribution in [3.63, 3.8) is 0 Å². The second kappa shape index (κ2) is 10.5. The van der Waals surface area contributed by atoms with E-state index in [-0.39, 0.29) is 12.3 Å². The quantitative estimate of drug-likeness (QED) is 0.601. The summed E-state index contributed by atoms with van der Waals surface area (Å²) in [5.74, 6) is 1.50. The van der Waals surface area contributed by atoms with Crippen LogP contribution in [-0.4, -0.2) is 35.9 Å². The largest absolute Gasteiger partial charge is 0.497 e. The molecule has 27 heavy (non-hydrogen) atoms. The van der Waals surface area contributed by atoms with Crippen LogP contribution in [0.15, 0.2) is 48.5 Å². The van der Waals surface area contributed by atoms with Crippen LogP contribution in [0, 0.1) is 0 Å². The maximum atomic E-state index is 12.4. The van der Waals surface area contributed by atoms with E-state index >= 15 is 0 Å². The fourth-order valence-corrected chi connectivity index (χ4v) is 3.12. The van der Waals surface area contributed by atoms with Crippen LogP contribution < -0.4 is 14.8 Å². The first kappa shape index (κ1) is 20.6. The summed E-state index contributed by atoms with van der Waals surface area (Å²) in [5.41, 5.74) is 1.70. The van der Waals surface area contributed by atoms with Gasteiger partial charge < -0.3 is 19.9 Å². The number of amides is 1. The number of carboxylic acids is 1. The van der Waals surface area contributed by atoms with E-state index in [1.54, 1.807) is 50.1 Å². The molecule has 144 valence electrons. The first-order valence-corrected chi connectivity index (χ1v) is 9.63. The number of thioether (sulfide) groups is 1. The van der Waals surface area contributed by atoms with Gasteiger partial charge in [0.25, 0.3) is 5.91 Å². The zero-order valence-electron chi connectivity index (χ0n) is 15.3. The van der Waals surface area contributed by atoms with Gasteiger partial charge in [0.15, 0.2) is 6.10 Å². The Morgan fingerprint density at radius 2 is 1.85 bits per heavy atom. The van der Waals surface area contributed by atoms with Crippen LogP contribution in [0.2, 0.25) is 0 Å².